The second kappa shape index (κ2) is 6.41. The zero-order valence-electron chi connectivity index (χ0n) is 12.0. The normalized spacial score (nSPS) is 11.6. The average molecular weight is 367 g/mol. The third-order valence-corrected chi connectivity index (χ3v) is 3.67. The lowest BCUT2D eigenvalue weighted by atomic mass is 10.0. The summed E-state index contributed by atoms with van der Waals surface area (Å²) in [4.78, 5) is 12.9. The Balaban J connectivity index is 2.50. The molecule has 2 aromatic rings. The molecule has 1 amide bonds. The molecule has 4 nitrogen and oxygen atoms in total. The molecule has 1 heterocycles. The lowest BCUT2D eigenvalue weighted by Gasteiger charge is -2.19. The molecule has 0 N–H and O–H groups in total. The minimum Gasteiger partial charge on any atom is -0.360 e. The molecule has 1 aromatic heterocycles. The monoisotopic (exact) mass is 366 g/mol. The van der Waals surface area contributed by atoms with Crippen molar-refractivity contribution in [2.24, 2.45) is 0 Å². The number of hydrogen-bond donors (Lipinski definition) is 0. The first-order chi connectivity index (χ1) is 10.6. The molecule has 0 aliphatic heterocycles. The summed E-state index contributed by atoms with van der Waals surface area (Å²) in [5.41, 5.74) is 0.139. The Kier molecular flexibility index (Phi) is 4.91. The first-order valence-electron chi connectivity index (χ1n) is 6.34. The molecule has 0 aliphatic rings. The third-order valence-electron chi connectivity index (χ3n) is 3.04. The molecule has 9 heteroatoms. The van der Waals surface area contributed by atoms with E-state index < -0.39 is 18.6 Å². The Hall–Kier alpha value is -1.73. The van der Waals surface area contributed by atoms with E-state index >= 15 is 0 Å². The van der Waals surface area contributed by atoms with E-state index in [2.05, 4.69) is 5.16 Å². The van der Waals surface area contributed by atoms with Crippen molar-refractivity contribution in [1.82, 2.24) is 10.1 Å². The van der Waals surface area contributed by atoms with Crippen molar-refractivity contribution in [2.75, 3.05) is 13.6 Å². The number of nitrogens with zero attached hydrogens (tertiary/aromatic N) is 2. The molecule has 0 fully saturated rings. The lowest BCUT2D eigenvalue weighted by molar-refractivity contribution is -0.138. The second-order valence-electron chi connectivity index (χ2n) is 4.84. The summed E-state index contributed by atoms with van der Waals surface area (Å²) in [7, 11) is 1.04. The van der Waals surface area contributed by atoms with Gasteiger partial charge in [0.1, 0.15) is 23.6 Å². The summed E-state index contributed by atoms with van der Waals surface area (Å²) in [5, 5.41) is 4.15. The number of carbonyl (C=O) groups excluding carboxylic acids is 1. The molecular weight excluding hydrogens is 356 g/mol. The van der Waals surface area contributed by atoms with Crippen molar-refractivity contribution >= 4 is 29.1 Å². The number of halogens is 5. The summed E-state index contributed by atoms with van der Waals surface area (Å²) in [6.45, 7) is 0.0298. The fourth-order valence-electron chi connectivity index (χ4n) is 2.05. The molecule has 2 rings (SSSR count). The Labute approximate surface area is 139 Å². The van der Waals surface area contributed by atoms with Crippen LogP contribution in [0.25, 0.3) is 11.3 Å². The van der Waals surface area contributed by atoms with Crippen LogP contribution in [-0.4, -0.2) is 35.7 Å². The quantitative estimate of drug-likeness (QED) is 0.797. The van der Waals surface area contributed by atoms with Gasteiger partial charge in [-0.3, -0.25) is 4.79 Å². The molecule has 1 aromatic carbocycles. The van der Waals surface area contributed by atoms with Crippen LogP contribution in [0.2, 0.25) is 10.0 Å². The van der Waals surface area contributed by atoms with Crippen molar-refractivity contribution in [3.05, 3.63) is 39.6 Å². The predicted octanol–water partition coefficient (Wildman–Crippen LogP) is 4.59. The minimum absolute atomic E-state index is 0.0112. The van der Waals surface area contributed by atoms with Gasteiger partial charge < -0.3 is 9.42 Å². The SMILES string of the molecule is Cc1onc(-c2c(Cl)cccc2Cl)c1C(=O)N(C)CC(F)(F)F. The topological polar surface area (TPSA) is 46.3 Å². The van der Waals surface area contributed by atoms with E-state index in [-0.39, 0.29) is 32.6 Å². The maximum atomic E-state index is 12.5. The largest absolute Gasteiger partial charge is 0.406 e. The third kappa shape index (κ3) is 3.79. The molecule has 0 radical (unpaired) electrons. The summed E-state index contributed by atoms with van der Waals surface area (Å²) >= 11 is 12.1. The number of aromatic nitrogens is 1. The number of rotatable bonds is 3. The Bertz CT molecular complexity index is 724. The van der Waals surface area contributed by atoms with Gasteiger partial charge in [0.05, 0.1) is 10.0 Å². The number of carbonyl (C=O) groups is 1. The van der Waals surface area contributed by atoms with E-state index in [9.17, 15) is 18.0 Å². The van der Waals surface area contributed by atoms with Crippen LogP contribution >= 0.6 is 23.2 Å². The van der Waals surface area contributed by atoms with Gasteiger partial charge in [-0.15, -0.1) is 0 Å². The number of alkyl halides is 3. The van der Waals surface area contributed by atoms with E-state index in [1.165, 1.54) is 19.1 Å². The second-order valence-corrected chi connectivity index (χ2v) is 5.65. The van der Waals surface area contributed by atoms with Crippen molar-refractivity contribution in [1.29, 1.82) is 0 Å². The molecule has 0 atom stereocenters. The number of aryl methyl sites for hydroxylation is 1. The van der Waals surface area contributed by atoms with Crippen LogP contribution < -0.4 is 0 Å². The summed E-state index contributed by atoms with van der Waals surface area (Å²) < 4.78 is 42.4. The maximum Gasteiger partial charge on any atom is 0.406 e. The van der Waals surface area contributed by atoms with Crippen LogP contribution in [0.4, 0.5) is 13.2 Å². The highest BCUT2D eigenvalue weighted by Gasteiger charge is 2.34. The van der Waals surface area contributed by atoms with Crippen molar-refractivity contribution in [3.63, 3.8) is 0 Å². The standard InChI is InChI=1S/C14H11Cl2F3N2O2/c1-7-10(13(22)21(2)6-14(17,18)19)12(20-23-7)11-8(15)4-3-5-9(11)16/h3-5H,6H2,1-2H3. The van der Waals surface area contributed by atoms with Gasteiger partial charge in [0, 0.05) is 12.6 Å². The minimum atomic E-state index is -4.52. The van der Waals surface area contributed by atoms with E-state index in [1.54, 1.807) is 6.07 Å². The van der Waals surface area contributed by atoms with Crippen molar-refractivity contribution < 1.29 is 22.5 Å². The number of hydrogen-bond acceptors (Lipinski definition) is 3. The van der Waals surface area contributed by atoms with Crippen molar-refractivity contribution in [2.45, 2.75) is 13.1 Å². The van der Waals surface area contributed by atoms with Gasteiger partial charge in [-0.25, -0.2) is 0 Å². The number of benzene rings is 1. The van der Waals surface area contributed by atoms with E-state index in [4.69, 9.17) is 27.7 Å². The molecule has 23 heavy (non-hydrogen) atoms. The van der Waals surface area contributed by atoms with E-state index in [1.807, 2.05) is 0 Å². The summed E-state index contributed by atoms with van der Waals surface area (Å²) in [6, 6.07) is 4.65. The van der Waals surface area contributed by atoms with Gasteiger partial charge in [0.15, 0.2) is 0 Å². The van der Waals surface area contributed by atoms with E-state index in [0.29, 0.717) is 4.90 Å². The molecule has 0 bridgehead atoms. The van der Waals surface area contributed by atoms with Crippen LogP contribution in [0, 0.1) is 6.92 Å². The average Bonchev–Trinajstić information content (AvgIpc) is 2.77. The lowest BCUT2D eigenvalue weighted by Crippen LogP contribution is -2.36. The van der Waals surface area contributed by atoms with E-state index in [0.717, 1.165) is 7.05 Å². The van der Waals surface area contributed by atoms with Crippen LogP contribution in [0.1, 0.15) is 16.1 Å². The fraction of sp³-hybridized carbons (Fsp3) is 0.286. The van der Waals surface area contributed by atoms with Gasteiger partial charge in [-0.2, -0.15) is 13.2 Å². The predicted molar refractivity (Wildman–Crippen MR) is 79.7 cm³/mol. The van der Waals surface area contributed by atoms with Crippen LogP contribution in [0.3, 0.4) is 0 Å². The summed E-state index contributed by atoms with van der Waals surface area (Å²) in [5.74, 6) is -0.804. The molecule has 0 unspecified atom stereocenters. The van der Waals surface area contributed by atoms with Crippen LogP contribution in [0.15, 0.2) is 22.7 Å². The highest BCUT2D eigenvalue weighted by molar-refractivity contribution is 6.39. The van der Waals surface area contributed by atoms with Crippen LogP contribution in [0.5, 0.6) is 0 Å². The first kappa shape index (κ1) is 17.6. The highest BCUT2D eigenvalue weighted by Crippen LogP contribution is 2.37. The Morgan fingerprint density at radius 2 is 1.87 bits per heavy atom. The molecule has 0 saturated carbocycles. The van der Waals surface area contributed by atoms with Gasteiger partial charge in [-0.05, 0) is 19.1 Å². The zero-order valence-corrected chi connectivity index (χ0v) is 13.6. The van der Waals surface area contributed by atoms with Gasteiger partial charge >= 0.3 is 6.18 Å². The van der Waals surface area contributed by atoms with Gasteiger partial charge in [0.25, 0.3) is 5.91 Å². The fourth-order valence-corrected chi connectivity index (χ4v) is 2.63. The maximum absolute atomic E-state index is 12.5. The molecular formula is C14H11Cl2F3N2O2. The van der Waals surface area contributed by atoms with Crippen molar-refractivity contribution in [3.8, 4) is 11.3 Å². The highest BCUT2D eigenvalue weighted by atomic mass is 35.5. The Morgan fingerprint density at radius 3 is 2.39 bits per heavy atom. The number of amides is 1. The summed E-state index contributed by atoms with van der Waals surface area (Å²) in [6.07, 6.45) is -4.52. The zero-order chi connectivity index (χ0) is 17.4. The van der Waals surface area contributed by atoms with Gasteiger partial charge in [-0.1, -0.05) is 34.4 Å². The van der Waals surface area contributed by atoms with Crippen LogP contribution in [-0.2, 0) is 0 Å². The first-order valence-corrected chi connectivity index (χ1v) is 7.10. The van der Waals surface area contributed by atoms with Gasteiger partial charge in [0.2, 0.25) is 0 Å². The molecule has 0 aliphatic carbocycles. The molecule has 0 spiro atoms. The smallest absolute Gasteiger partial charge is 0.360 e. The molecule has 124 valence electrons. The molecule has 0 saturated heterocycles. The Morgan fingerprint density at radius 1 is 1.30 bits per heavy atom.